The molecule has 0 bridgehead atoms. The van der Waals surface area contributed by atoms with E-state index in [1.54, 1.807) is 22.7 Å². The van der Waals surface area contributed by atoms with Gasteiger partial charge in [0.15, 0.2) is 0 Å². The number of rotatable bonds is 8. The van der Waals surface area contributed by atoms with Gasteiger partial charge in [-0.2, -0.15) is 0 Å². The van der Waals surface area contributed by atoms with Crippen LogP contribution >= 0.6 is 11.8 Å². The van der Waals surface area contributed by atoms with Crippen LogP contribution in [0.4, 0.5) is 0 Å². The molecule has 2 N–H and O–H groups in total. The highest BCUT2D eigenvalue weighted by molar-refractivity contribution is 7.99. The van der Waals surface area contributed by atoms with Crippen molar-refractivity contribution in [3.05, 3.63) is 78.0 Å². The maximum absolute atomic E-state index is 13.4. The first-order valence-electron chi connectivity index (χ1n) is 11.7. The number of nitrogens with zero attached hydrogens (tertiary/aromatic N) is 2. The van der Waals surface area contributed by atoms with E-state index in [1.807, 2.05) is 62.4 Å². The number of aromatic nitrogens is 1. The Labute approximate surface area is 204 Å². The molecule has 34 heavy (non-hydrogen) atoms. The number of β-amino-alcohol motifs (C(OH)–C–C–N with tert-alkyl or cyclic N) is 1. The van der Waals surface area contributed by atoms with Crippen LogP contribution in [0.3, 0.4) is 0 Å². The molecule has 4 rings (SSSR count). The number of hydrogen-bond donors (Lipinski definition) is 2. The number of benzene rings is 2. The molecule has 1 aliphatic heterocycles. The van der Waals surface area contributed by atoms with Crippen LogP contribution < -0.4 is 5.32 Å². The summed E-state index contributed by atoms with van der Waals surface area (Å²) < 4.78 is 0. The van der Waals surface area contributed by atoms with Crippen molar-refractivity contribution in [2.24, 2.45) is 5.92 Å². The lowest BCUT2D eigenvalue weighted by molar-refractivity contribution is -0.133. The van der Waals surface area contributed by atoms with E-state index < -0.39 is 12.1 Å². The number of fused-ring (bicyclic) bond motifs is 1. The third kappa shape index (κ3) is 5.96. The van der Waals surface area contributed by atoms with Gasteiger partial charge in [-0.1, -0.05) is 68.4 Å². The van der Waals surface area contributed by atoms with E-state index in [9.17, 15) is 14.7 Å². The number of nitrogens with one attached hydrogen (secondary N) is 1. The number of thioether (sulfide) groups is 1. The van der Waals surface area contributed by atoms with Gasteiger partial charge in [-0.3, -0.25) is 9.59 Å². The molecule has 178 valence electrons. The fraction of sp³-hybridized carbons (Fsp3) is 0.370. The second-order valence-corrected chi connectivity index (χ2v) is 10.4. The van der Waals surface area contributed by atoms with Crippen molar-refractivity contribution in [1.82, 2.24) is 15.2 Å². The molecular formula is C27H31N3O3S. The van der Waals surface area contributed by atoms with E-state index in [0.717, 1.165) is 16.7 Å². The standard InChI is InChI=1S/C27H31N3O3S/c1-18(2)14-23(29-26(32)22-13-12-20-10-6-7-11-21(20)28-22)27(33)30-15-24(31)25(16-30)34-17-19-8-4-3-5-9-19/h3-13,18,23-25,31H,14-17H2,1-2H3,(H,29,32)/t23-,24?,25?/m0/s1. The van der Waals surface area contributed by atoms with Gasteiger partial charge in [-0.05, 0) is 30.0 Å². The van der Waals surface area contributed by atoms with Crippen LogP contribution in [0.15, 0.2) is 66.7 Å². The molecule has 2 heterocycles. The predicted molar refractivity (Wildman–Crippen MR) is 137 cm³/mol. The number of carbonyl (C=O) groups excluding carboxylic acids is 2. The first kappa shape index (κ1) is 24.2. The van der Waals surface area contributed by atoms with Gasteiger partial charge in [0, 0.05) is 24.2 Å². The molecule has 1 saturated heterocycles. The summed E-state index contributed by atoms with van der Waals surface area (Å²) in [6.07, 6.45) is -0.0673. The molecule has 2 aromatic carbocycles. The van der Waals surface area contributed by atoms with Crippen LogP contribution in [0.1, 0.15) is 36.3 Å². The molecule has 3 aromatic rings. The van der Waals surface area contributed by atoms with E-state index in [-0.39, 0.29) is 35.2 Å². The molecule has 0 spiro atoms. The van der Waals surface area contributed by atoms with Crippen LogP contribution in [0, 0.1) is 5.92 Å². The molecule has 0 radical (unpaired) electrons. The number of aliphatic hydroxyl groups excluding tert-OH is 1. The molecule has 6 nitrogen and oxygen atoms in total. The first-order chi connectivity index (χ1) is 16.4. The second-order valence-electron chi connectivity index (χ2n) is 9.19. The molecule has 1 aromatic heterocycles. The summed E-state index contributed by atoms with van der Waals surface area (Å²) in [6.45, 7) is 4.80. The minimum absolute atomic E-state index is 0.0540. The minimum atomic E-state index is -0.661. The number of amides is 2. The molecule has 0 aliphatic carbocycles. The lowest BCUT2D eigenvalue weighted by atomic mass is 10.0. The summed E-state index contributed by atoms with van der Waals surface area (Å²) in [5.41, 5.74) is 2.22. The quantitative estimate of drug-likeness (QED) is 0.515. The highest BCUT2D eigenvalue weighted by atomic mass is 32.2. The van der Waals surface area contributed by atoms with Gasteiger partial charge in [-0.25, -0.2) is 4.98 Å². The summed E-state index contributed by atoms with van der Waals surface area (Å²) >= 11 is 1.66. The van der Waals surface area contributed by atoms with E-state index in [0.29, 0.717) is 13.0 Å². The Bertz CT molecular complexity index is 1140. The number of pyridine rings is 1. The third-order valence-corrected chi connectivity index (χ3v) is 7.39. The lowest BCUT2D eigenvalue weighted by Gasteiger charge is -2.25. The van der Waals surface area contributed by atoms with Crippen molar-refractivity contribution in [2.45, 2.75) is 43.4 Å². The largest absolute Gasteiger partial charge is 0.390 e. The maximum atomic E-state index is 13.4. The molecule has 0 saturated carbocycles. The zero-order valence-corrected chi connectivity index (χ0v) is 20.4. The fourth-order valence-corrected chi connectivity index (χ4v) is 5.41. The third-order valence-electron chi connectivity index (χ3n) is 6.00. The van der Waals surface area contributed by atoms with E-state index in [2.05, 4.69) is 22.4 Å². The zero-order chi connectivity index (χ0) is 24.1. The molecule has 3 atom stereocenters. The van der Waals surface area contributed by atoms with Crippen molar-refractivity contribution >= 4 is 34.5 Å². The maximum Gasteiger partial charge on any atom is 0.270 e. The van der Waals surface area contributed by atoms with Gasteiger partial charge >= 0.3 is 0 Å². The van der Waals surface area contributed by atoms with E-state index >= 15 is 0 Å². The number of hydrogen-bond acceptors (Lipinski definition) is 5. The zero-order valence-electron chi connectivity index (χ0n) is 19.6. The van der Waals surface area contributed by atoms with Crippen molar-refractivity contribution in [3.8, 4) is 0 Å². The summed E-state index contributed by atoms with van der Waals surface area (Å²) in [5.74, 6) is 0.489. The monoisotopic (exact) mass is 477 g/mol. The van der Waals surface area contributed by atoms with Gasteiger partial charge in [0.1, 0.15) is 11.7 Å². The van der Waals surface area contributed by atoms with Crippen LogP contribution in [0.5, 0.6) is 0 Å². The van der Waals surface area contributed by atoms with Crippen molar-refractivity contribution in [1.29, 1.82) is 0 Å². The number of likely N-dealkylation sites (tertiary alicyclic amines) is 1. The van der Waals surface area contributed by atoms with Crippen LogP contribution in [0.2, 0.25) is 0 Å². The van der Waals surface area contributed by atoms with Crippen molar-refractivity contribution < 1.29 is 14.7 Å². The Morgan fingerprint density at radius 1 is 1.06 bits per heavy atom. The predicted octanol–water partition coefficient (Wildman–Crippen LogP) is 3.88. The fourth-order valence-electron chi connectivity index (χ4n) is 4.22. The number of carbonyl (C=O) groups is 2. The normalized spacial score (nSPS) is 18.9. The smallest absolute Gasteiger partial charge is 0.270 e. The van der Waals surface area contributed by atoms with Gasteiger partial charge in [0.05, 0.1) is 16.9 Å². The van der Waals surface area contributed by atoms with Crippen molar-refractivity contribution in [3.63, 3.8) is 0 Å². The summed E-state index contributed by atoms with van der Waals surface area (Å²) in [4.78, 5) is 32.5. The van der Waals surface area contributed by atoms with Gasteiger partial charge in [0.2, 0.25) is 5.91 Å². The molecular weight excluding hydrogens is 446 g/mol. The first-order valence-corrected chi connectivity index (χ1v) is 12.7. The van der Waals surface area contributed by atoms with Gasteiger partial charge in [0.25, 0.3) is 5.91 Å². The molecule has 2 amide bonds. The summed E-state index contributed by atoms with van der Waals surface area (Å²) in [6, 6.07) is 20.6. The molecule has 1 fully saturated rings. The van der Waals surface area contributed by atoms with Gasteiger partial charge in [-0.15, -0.1) is 11.8 Å². The number of para-hydroxylation sites is 1. The molecule has 2 unspecified atom stereocenters. The molecule has 1 aliphatic rings. The number of aliphatic hydroxyl groups is 1. The van der Waals surface area contributed by atoms with Crippen LogP contribution in [0.25, 0.3) is 10.9 Å². The van der Waals surface area contributed by atoms with Crippen LogP contribution in [-0.4, -0.2) is 57.3 Å². The highest BCUT2D eigenvalue weighted by Gasteiger charge is 2.37. The summed E-state index contributed by atoms with van der Waals surface area (Å²) in [7, 11) is 0. The summed E-state index contributed by atoms with van der Waals surface area (Å²) in [5, 5.41) is 14.4. The average molecular weight is 478 g/mol. The topological polar surface area (TPSA) is 82.5 Å². The second kappa shape index (κ2) is 11.0. The van der Waals surface area contributed by atoms with Crippen molar-refractivity contribution in [2.75, 3.05) is 13.1 Å². The Hall–Kier alpha value is -2.90. The lowest BCUT2D eigenvalue weighted by Crippen LogP contribution is -2.49. The van der Waals surface area contributed by atoms with Crippen LogP contribution in [-0.2, 0) is 10.5 Å². The highest BCUT2D eigenvalue weighted by Crippen LogP contribution is 2.27. The van der Waals surface area contributed by atoms with E-state index in [1.165, 1.54) is 5.56 Å². The Morgan fingerprint density at radius 3 is 2.56 bits per heavy atom. The Balaban J connectivity index is 1.41. The average Bonchev–Trinajstić information content (AvgIpc) is 3.22. The SMILES string of the molecule is CC(C)C[C@H](NC(=O)c1ccc2ccccc2n1)C(=O)N1CC(O)C(SCc2ccccc2)C1. The Kier molecular flexibility index (Phi) is 7.85. The Morgan fingerprint density at radius 2 is 1.79 bits per heavy atom. The van der Waals surface area contributed by atoms with Gasteiger partial charge < -0.3 is 15.3 Å². The molecule has 7 heteroatoms. The minimum Gasteiger partial charge on any atom is -0.390 e. The van der Waals surface area contributed by atoms with E-state index in [4.69, 9.17) is 0 Å².